The molecule has 1 aliphatic heterocycles. The third-order valence-corrected chi connectivity index (χ3v) is 1.79. The molecule has 0 bridgehead atoms. The molecule has 1 heterocycles. The summed E-state index contributed by atoms with van der Waals surface area (Å²) < 4.78 is 4.97. The molecule has 0 spiro atoms. The van der Waals surface area contributed by atoms with Crippen molar-refractivity contribution in [2.45, 2.75) is 6.42 Å². The standard InChI is InChI=1S/C11H9O/c1-2-5-10(6-3-1)11-7-4-8-12-9-11/h1-6,8H,7H2. The molecule has 2 rings (SSSR count). The van der Waals surface area contributed by atoms with Crippen molar-refractivity contribution >= 4 is 5.57 Å². The van der Waals surface area contributed by atoms with Gasteiger partial charge in [0.25, 0.3) is 0 Å². The number of rotatable bonds is 1. The molecule has 0 saturated carbocycles. The van der Waals surface area contributed by atoms with Gasteiger partial charge in [-0.2, -0.15) is 0 Å². The quantitative estimate of drug-likeness (QED) is 0.609. The number of hydrogen-bond acceptors (Lipinski definition) is 1. The summed E-state index contributed by atoms with van der Waals surface area (Å²) in [4.78, 5) is 0. The highest BCUT2D eigenvalue weighted by Gasteiger charge is 2.02. The van der Waals surface area contributed by atoms with E-state index < -0.39 is 0 Å². The van der Waals surface area contributed by atoms with Crippen LogP contribution in [0.15, 0.2) is 42.7 Å². The largest absolute Gasteiger partial charge is 0.461 e. The van der Waals surface area contributed by atoms with Gasteiger partial charge in [-0.3, -0.25) is 0 Å². The average Bonchev–Trinajstić information content (AvgIpc) is 2.21. The van der Waals surface area contributed by atoms with Crippen LogP contribution in [0.5, 0.6) is 0 Å². The zero-order valence-electron chi connectivity index (χ0n) is 6.66. The molecule has 1 nitrogen and oxygen atoms in total. The van der Waals surface area contributed by atoms with Gasteiger partial charge in [0.2, 0.25) is 0 Å². The second-order valence-corrected chi connectivity index (χ2v) is 2.64. The smallest absolute Gasteiger partial charge is 0.173 e. The Labute approximate surface area is 72.0 Å². The normalized spacial score (nSPS) is 15.2. The molecule has 12 heavy (non-hydrogen) atoms. The van der Waals surface area contributed by atoms with Gasteiger partial charge in [0.05, 0.1) is 6.26 Å². The minimum atomic E-state index is 0.907. The molecule has 1 heteroatoms. The van der Waals surface area contributed by atoms with E-state index in [1.807, 2.05) is 24.3 Å². The Bertz CT molecular complexity index is 309. The predicted octanol–water partition coefficient (Wildman–Crippen LogP) is 2.76. The lowest BCUT2D eigenvalue weighted by Crippen LogP contribution is -1.88. The molecule has 1 aromatic carbocycles. The van der Waals surface area contributed by atoms with Gasteiger partial charge in [0.1, 0.15) is 0 Å². The van der Waals surface area contributed by atoms with Gasteiger partial charge in [0, 0.05) is 5.57 Å². The Balaban J connectivity index is 2.26. The number of benzene rings is 1. The van der Waals surface area contributed by atoms with Gasteiger partial charge in [-0.05, 0) is 18.1 Å². The van der Waals surface area contributed by atoms with Gasteiger partial charge in [0.15, 0.2) is 6.26 Å². The van der Waals surface area contributed by atoms with Gasteiger partial charge in [-0.25, -0.2) is 0 Å². The van der Waals surface area contributed by atoms with E-state index in [0.717, 1.165) is 12.0 Å². The summed E-state index contributed by atoms with van der Waals surface area (Å²) in [7, 11) is 0. The van der Waals surface area contributed by atoms with E-state index in [1.165, 1.54) is 5.56 Å². The molecule has 1 aromatic rings. The number of allylic oxidation sites excluding steroid dienone is 2. The molecule has 0 fully saturated rings. The van der Waals surface area contributed by atoms with E-state index in [1.54, 1.807) is 6.26 Å². The summed E-state index contributed by atoms with van der Waals surface area (Å²) in [6.07, 6.45) is 7.42. The van der Waals surface area contributed by atoms with Crippen LogP contribution in [0.25, 0.3) is 5.57 Å². The summed E-state index contributed by atoms with van der Waals surface area (Å²) in [6, 6.07) is 10.2. The van der Waals surface area contributed by atoms with Crippen LogP contribution in [-0.4, -0.2) is 0 Å². The van der Waals surface area contributed by atoms with Crippen molar-refractivity contribution in [3.8, 4) is 0 Å². The fraction of sp³-hybridized carbons (Fsp3) is 0.0909. The van der Waals surface area contributed by atoms with Crippen LogP contribution in [0.2, 0.25) is 0 Å². The maximum absolute atomic E-state index is 4.97. The van der Waals surface area contributed by atoms with E-state index in [0.29, 0.717) is 0 Å². The topological polar surface area (TPSA) is 9.23 Å². The molecular formula is C11H9O. The van der Waals surface area contributed by atoms with Crippen molar-refractivity contribution in [3.63, 3.8) is 0 Å². The molecule has 1 radical (unpaired) electrons. The highest BCUT2D eigenvalue weighted by molar-refractivity contribution is 5.64. The van der Waals surface area contributed by atoms with Crippen LogP contribution >= 0.6 is 0 Å². The number of hydrogen-bond donors (Lipinski definition) is 0. The van der Waals surface area contributed by atoms with Gasteiger partial charge < -0.3 is 4.74 Å². The van der Waals surface area contributed by atoms with Crippen LogP contribution in [0, 0.1) is 6.26 Å². The first-order valence-corrected chi connectivity index (χ1v) is 3.95. The summed E-state index contributed by atoms with van der Waals surface area (Å²) in [5.74, 6) is 0. The third-order valence-electron chi connectivity index (χ3n) is 1.79. The Hall–Kier alpha value is -1.50. The van der Waals surface area contributed by atoms with Crippen molar-refractivity contribution < 1.29 is 4.74 Å². The molecule has 0 unspecified atom stereocenters. The third kappa shape index (κ3) is 1.40. The van der Waals surface area contributed by atoms with E-state index in [-0.39, 0.29) is 0 Å². The van der Waals surface area contributed by atoms with Crippen molar-refractivity contribution in [1.82, 2.24) is 0 Å². The van der Waals surface area contributed by atoms with Crippen LogP contribution < -0.4 is 0 Å². The van der Waals surface area contributed by atoms with E-state index in [4.69, 9.17) is 4.74 Å². The van der Waals surface area contributed by atoms with Crippen molar-refractivity contribution in [2.24, 2.45) is 0 Å². The summed E-state index contributed by atoms with van der Waals surface area (Å²) >= 11 is 0. The SMILES string of the molecule is [C]1=C(c2ccccc2)CC=CO1. The maximum atomic E-state index is 4.97. The summed E-state index contributed by atoms with van der Waals surface area (Å²) in [6.45, 7) is 0. The lowest BCUT2D eigenvalue weighted by molar-refractivity contribution is 0.370. The first-order chi connectivity index (χ1) is 5.97. The summed E-state index contributed by atoms with van der Waals surface area (Å²) in [5.41, 5.74) is 2.29. The molecule has 0 N–H and O–H groups in total. The van der Waals surface area contributed by atoms with Crippen LogP contribution in [0.1, 0.15) is 12.0 Å². The fourth-order valence-electron chi connectivity index (χ4n) is 1.18. The molecule has 0 aliphatic carbocycles. The molecule has 0 saturated heterocycles. The predicted molar refractivity (Wildman–Crippen MR) is 47.9 cm³/mol. The second-order valence-electron chi connectivity index (χ2n) is 2.64. The van der Waals surface area contributed by atoms with E-state index >= 15 is 0 Å². The minimum absolute atomic E-state index is 0.907. The number of ether oxygens (including phenoxy) is 1. The maximum Gasteiger partial charge on any atom is 0.173 e. The molecule has 59 valence electrons. The Kier molecular flexibility index (Phi) is 1.95. The lowest BCUT2D eigenvalue weighted by Gasteiger charge is -2.06. The highest BCUT2D eigenvalue weighted by Crippen LogP contribution is 2.20. The first-order valence-electron chi connectivity index (χ1n) is 3.95. The van der Waals surface area contributed by atoms with Crippen LogP contribution in [0.4, 0.5) is 0 Å². The van der Waals surface area contributed by atoms with Gasteiger partial charge in [-0.15, -0.1) is 0 Å². The fourth-order valence-corrected chi connectivity index (χ4v) is 1.18. The van der Waals surface area contributed by atoms with Gasteiger partial charge in [-0.1, -0.05) is 30.3 Å². The zero-order valence-corrected chi connectivity index (χ0v) is 6.66. The first kappa shape index (κ1) is 7.17. The highest BCUT2D eigenvalue weighted by atomic mass is 16.5. The van der Waals surface area contributed by atoms with E-state index in [2.05, 4.69) is 18.4 Å². The molecule has 1 aliphatic rings. The molecular weight excluding hydrogens is 148 g/mol. The minimum Gasteiger partial charge on any atom is -0.461 e. The lowest BCUT2D eigenvalue weighted by atomic mass is 10.0. The van der Waals surface area contributed by atoms with E-state index in [9.17, 15) is 0 Å². The van der Waals surface area contributed by atoms with Crippen molar-refractivity contribution in [1.29, 1.82) is 0 Å². The monoisotopic (exact) mass is 157 g/mol. The molecule has 0 amide bonds. The summed E-state index contributed by atoms with van der Waals surface area (Å²) in [5, 5.41) is 0. The van der Waals surface area contributed by atoms with Gasteiger partial charge >= 0.3 is 0 Å². The Morgan fingerprint density at radius 2 is 2.00 bits per heavy atom. The van der Waals surface area contributed by atoms with Crippen molar-refractivity contribution in [3.05, 3.63) is 54.5 Å². The Morgan fingerprint density at radius 3 is 2.67 bits per heavy atom. The Morgan fingerprint density at radius 1 is 1.17 bits per heavy atom. The van der Waals surface area contributed by atoms with Crippen molar-refractivity contribution in [2.75, 3.05) is 0 Å². The molecule has 0 aromatic heterocycles. The average molecular weight is 157 g/mol. The van der Waals surface area contributed by atoms with Crippen LogP contribution in [-0.2, 0) is 4.74 Å². The van der Waals surface area contributed by atoms with Crippen LogP contribution in [0.3, 0.4) is 0 Å². The zero-order chi connectivity index (χ0) is 8.23. The second kappa shape index (κ2) is 3.26. The molecule has 0 atom stereocenters.